The number of carbonyl (C=O) groups is 1. The highest BCUT2D eigenvalue weighted by Crippen LogP contribution is 2.25. The van der Waals surface area contributed by atoms with Crippen molar-refractivity contribution in [1.29, 1.82) is 0 Å². The third-order valence-electron chi connectivity index (χ3n) is 3.81. The third-order valence-corrected chi connectivity index (χ3v) is 3.81. The van der Waals surface area contributed by atoms with E-state index in [1.807, 2.05) is 24.3 Å². The molecule has 2 heterocycles. The summed E-state index contributed by atoms with van der Waals surface area (Å²) in [5, 5.41) is 10.2. The normalized spacial score (nSPS) is 19.8. The molecule has 4 nitrogen and oxygen atoms in total. The van der Waals surface area contributed by atoms with Crippen molar-refractivity contribution in [3.63, 3.8) is 0 Å². The first-order valence-corrected chi connectivity index (χ1v) is 6.69. The molecule has 1 N–H and O–H groups in total. The van der Waals surface area contributed by atoms with Crippen LogP contribution in [-0.4, -0.2) is 35.1 Å². The molecule has 0 saturated carbocycles. The molecule has 1 amide bonds. The van der Waals surface area contributed by atoms with Gasteiger partial charge in [-0.05, 0) is 25.3 Å². The van der Waals surface area contributed by atoms with Gasteiger partial charge in [-0.3, -0.25) is 4.79 Å². The van der Waals surface area contributed by atoms with Gasteiger partial charge in [0.2, 0.25) is 0 Å². The van der Waals surface area contributed by atoms with Gasteiger partial charge in [0.05, 0.1) is 18.2 Å². The minimum atomic E-state index is -0.0603. The number of piperidine rings is 1. The fourth-order valence-corrected chi connectivity index (χ4v) is 2.76. The Morgan fingerprint density at radius 1 is 1.37 bits per heavy atom. The minimum absolute atomic E-state index is 0.0293. The van der Waals surface area contributed by atoms with Gasteiger partial charge >= 0.3 is 0 Å². The van der Waals surface area contributed by atoms with E-state index in [1.54, 1.807) is 4.90 Å². The average Bonchev–Trinajstić information content (AvgIpc) is 2.90. The molecule has 1 aliphatic heterocycles. The van der Waals surface area contributed by atoms with Crippen LogP contribution in [0, 0.1) is 0 Å². The van der Waals surface area contributed by atoms with Crippen LogP contribution in [0.15, 0.2) is 34.9 Å². The lowest BCUT2D eigenvalue weighted by molar-refractivity contribution is 0.0504. The second-order valence-corrected chi connectivity index (χ2v) is 4.98. The number of para-hydroxylation sites is 1. The second kappa shape index (κ2) is 5.05. The molecule has 0 radical (unpaired) electrons. The highest BCUT2D eigenvalue weighted by molar-refractivity contribution is 6.06. The Bertz CT molecular complexity index is 590. The highest BCUT2D eigenvalue weighted by atomic mass is 16.3. The van der Waals surface area contributed by atoms with Gasteiger partial charge in [0.1, 0.15) is 11.8 Å². The van der Waals surface area contributed by atoms with Gasteiger partial charge in [0, 0.05) is 11.9 Å². The summed E-state index contributed by atoms with van der Waals surface area (Å²) in [5.41, 5.74) is 1.32. The second-order valence-electron chi connectivity index (χ2n) is 4.98. The molecule has 19 heavy (non-hydrogen) atoms. The van der Waals surface area contributed by atoms with Crippen LogP contribution < -0.4 is 0 Å². The van der Waals surface area contributed by atoms with Gasteiger partial charge in [-0.15, -0.1) is 0 Å². The van der Waals surface area contributed by atoms with E-state index in [4.69, 9.17) is 4.42 Å². The third kappa shape index (κ3) is 2.12. The maximum Gasteiger partial charge on any atom is 0.258 e. The van der Waals surface area contributed by atoms with Gasteiger partial charge in [-0.2, -0.15) is 0 Å². The molecule has 2 aromatic rings. The zero-order valence-corrected chi connectivity index (χ0v) is 10.7. The summed E-state index contributed by atoms with van der Waals surface area (Å²) in [6, 6.07) is 7.47. The standard InChI is InChI=1S/C15H17NO3/c17-9-11-5-3-4-8-16(11)15(18)13-10-19-14-7-2-1-6-12(13)14/h1-2,6-7,10-11,17H,3-5,8-9H2. The van der Waals surface area contributed by atoms with Crippen molar-refractivity contribution in [2.45, 2.75) is 25.3 Å². The van der Waals surface area contributed by atoms with Gasteiger partial charge in [0.25, 0.3) is 5.91 Å². The summed E-state index contributed by atoms with van der Waals surface area (Å²) < 4.78 is 5.42. The zero-order chi connectivity index (χ0) is 13.2. The molecule has 1 fully saturated rings. The fraction of sp³-hybridized carbons (Fsp3) is 0.400. The van der Waals surface area contributed by atoms with Crippen molar-refractivity contribution in [1.82, 2.24) is 4.90 Å². The quantitative estimate of drug-likeness (QED) is 0.901. The van der Waals surface area contributed by atoms with E-state index in [0.717, 1.165) is 30.2 Å². The van der Waals surface area contributed by atoms with Crippen molar-refractivity contribution < 1.29 is 14.3 Å². The Hall–Kier alpha value is -1.81. The number of aliphatic hydroxyl groups is 1. The van der Waals surface area contributed by atoms with Crippen LogP contribution in [-0.2, 0) is 0 Å². The maximum absolute atomic E-state index is 12.6. The monoisotopic (exact) mass is 259 g/mol. The number of nitrogens with zero attached hydrogens (tertiary/aromatic N) is 1. The van der Waals surface area contributed by atoms with Crippen LogP contribution >= 0.6 is 0 Å². The van der Waals surface area contributed by atoms with Crippen molar-refractivity contribution in [3.05, 3.63) is 36.1 Å². The van der Waals surface area contributed by atoms with E-state index in [9.17, 15) is 9.90 Å². The Balaban J connectivity index is 1.94. The predicted octanol–water partition coefficient (Wildman–Crippen LogP) is 2.42. The molecular formula is C15H17NO3. The summed E-state index contributed by atoms with van der Waals surface area (Å²) in [7, 11) is 0. The number of hydrogen-bond donors (Lipinski definition) is 1. The SMILES string of the molecule is O=C(c1coc2ccccc12)N1CCCCC1CO. The van der Waals surface area contributed by atoms with Crippen LogP contribution in [0.25, 0.3) is 11.0 Å². The molecular weight excluding hydrogens is 242 g/mol. The Morgan fingerprint density at radius 3 is 3.05 bits per heavy atom. The van der Waals surface area contributed by atoms with Crippen molar-refractivity contribution in [2.24, 2.45) is 0 Å². The number of rotatable bonds is 2. The molecule has 0 spiro atoms. The molecule has 0 aliphatic carbocycles. The Morgan fingerprint density at radius 2 is 2.21 bits per heavy atom. The number of hydrogen-bond acceptors (Lipinski definition) is 3. The van der Waals surface area contributed by atoms with Crippen LogP contribution in [0.4, 0.5) is 0 Å². The van der Waals surface area contributed by atoms with Gasteiger partial charge in [0.15, 0.2) is 0 Å². The van der Waals surface area contributed by atoms with Crippen molar-refractivity contribution in [3.8, 4) is 0 Å². The summed E-state index contributed by atoms with van der Waals surface area (Å²) in [5.74, 6) is -0.0382. The Labute approximate surface area is 111 Å². The molecule has 1 saturated heterocycles. The van der Waals surface area contributed by atoms with E-state index in [1.165, 1.54) is 6.26 Å². The first-order chi connectivity index (χ1) is 9.31. The summed E-state index contributed by atoms with van der Waals surface area (Å²) in [4.78, 5) is 14.4. The molecule has 4 heteroatoms. The number of carbonyl (C=O) groups excluding carboxylic acids is 1. The van der Waals surface area contributed by atoms with Crippen LogP contribution in [0.2, 0.25) is 0 Å². The number of fused-ring (bicyclic) bond motifs is 1. The van der Waals surface area contributed by atoms with Crippen molar-refractivity contribution in [2.75, 3.05) is 13.2 Å². The van der Waals surface area contributed by atoms with Crippen molar-refractivity contribution >= 4 is 16.9 Å². The lowest BCUT2D eigenvalue weighted by Crippen LogP contribution is -2.45. The van der Waals surface area contributed by atoms with E-state index >= 15 is 0 Å². The van der Waals surface area contributed by atoms with Gasteiger partial charge in [-0.25, -0.2) is 0 Å². The predicted molar refractivity (Wildman–Crippen MR) is 72.0 cm³/mol. The van der Waals surface area contributed by atoms with Crippen LogP contribution in [0.5, 0.6) is 0 Å². The Kier molecular flexibility index (Phi) is 3.25. The molecule has 3 rings (SSSR count). The van der Waals surface area contributed by atoms with E-state index in [2.05, 4.69) is 0 Å². The fourth-order valence-electron chi connectivity index (χ4n) is 2.76. The van der Waals surface area contributed by atoms with E-state index in [-0.39, 0.29) is 18.6 Å². The smallest absolute Gasteiger partial charge is 0.258 e. The number of amides is 1. The number of furan rings is 1. The summed E-state index contributed by atoms with van der Waals surface area (Å²) >= 11 is 0. The topological polar surface area (TPSA) is 53.7 Å². The van der Waals surface area contributed by atoms with E-state index < -0.39 is 0 Å². The van der Waals surface area contributed by atoms with Gasteiger partial charge in [-0.1, -0.05) is 18.2 Å². The molecule has 100 valence electrons. The summed E-state index contributed by atoms with van der Waals surface area (Å²) in [6.45, 7) is 0.741. The number of likely N-dealkylation sites (tertiary alicyclic amines) is 1. The summed E-state index contributed by atoms with van der Waals surface area (Å²) in [6.07, 6.45) is 4.47. The molecule has 1 aromatic heterocycles. The largest absolute Gasteiger partial charge is 0.463 e. The average molecular weight is 259 g/mol. The first-order valence-electron chi connectivity index (χ1n) is 6.69. The van der Waals surface area contributed by atoms with Gasteiger partial charge < -0.3 is 14.4 Å². The molecule has 0 bridgehead atoms. The molecule has 1 aromatic carbocycles. The molecule has 1 aliphatic rings. The number of benzene rings is 1. The lowest BCUT2D eigenvalue weighted by Gasteiger charge is -2.34. The maximum atomic E-state index is 12.6. The molecule has 1 unspecified atom stereocenters. The minimum Gasteiger partial charge on any atom is -0.463 e. The lowest BCUT2D eigenvalue weighted by atomic mass is 10.0. The molecule has 1 atom stereocenters. The zero-order valence-electron chi connectivity index (χ0n) is 10.7. The van der Waals surface area contributed by atoms with Crippen LogP contribution in [0.3, 0.4) is 0 Å². The first kappa shape index (κ1) is 12.2. The van der Waals surface area contributed by atoms with Crippen LogP contribution in [0.1, 0.15) is 29.6 Å². The van der Waals surface area contributed by atoms with E-state index in [0.29, 0.717) is 12.1 Å². The number of aliphatic hydroxyl groups excluding tert-OH is 1. The highest BCUT2D eigenvalue weighted by Gasteiger charge is 2.28.